The van der Waals surface area contributed by atoms with Crippen molar-refractivity contribution in [2.75, 3.05) is 18.1 Å². The van der Waals surface area contributed by atoms with Gasteiger partial charge in [-0.25, -0.2) is 0 Å². The van der Waals surface area contributed by atoms with Gasteiger partial charge in [-0.2, -0.15) is 16.7 Å². The first-order chi connectivity index (χ1) is 9.36. The van der Waals surface area contributed by atoms with Crippen LogP contribution in [0.3, 0.4) is 0 Å². The van der Waals surface area contributed by atoms with Crippen LogP contribution in [0.2, 0.25) is 0 Å². The molecule has 0 amide bonds. The first-order valence-electron chi connectivity index (χ1n) is 7.13. The van der Waals surface area contributed by atoms with E-state index >= 15 is 0 Å². The predicted octanol–water partition coefficient (Wildman–Crippen LogP) is 2.87. The maximum atomic E-state index is 5.37. The van der Waals surface area contributed by atoms with E-state index in [1.54, 1.807) is 0 Å². The summed E-state index contributed by atoms with van der Waals surface area (Å²) in [4.78, 5) is 4.57. The van der Waals surface area contributed by atoms with Crippen molar-refractivity contribution in [2.45, 2.75) is 43.2 Å². The molecular weight excluding hydrogens is 278 g/mol. The highest BCUT2D eigenvalue weighted by molar-refractivity contribution is 8.06. The van der Waals surface area contributed by atoms with E-state index in [0.717, 1.165) is 24.2 Å². The third kappa shape index (κ3) is 3.67. The lowest BCUT2D eigenvalue weighted by atomic mass is 10.2. The van der Waals surface area contributed by atoms with Gasteiger partial charge in [0.25, 0.3) is 0 Å². The van der Waals surface area contributed by atoms with E-state index in [0.29, 0.717) is 17.0 Å². The summed E-state index contributed by atoms with van der Waals surface area (Å²) in [6, 6.07) is 0. The van der Waals surface area contributed by atoms with E-state index in [2.05, 4.69) is 22.4 Å². The molecule has 106 valence electrons. The van der Waals surface area contributed by atoms with Gasteiger partial charge in [-0.05, 0) is 31.7 Å². The van der Waals surface area contributed by atoms with Gasteiger partial charge in [-0.1, -0.05) is 12.1 Å². The first-order valence-corrected chi connectivity index (χ1v) is 9.23. The molecule has 0 radical (unpaired) electrons. The Hall–Kier alpha value is -0.200. The average molecular weight is 299 g/mol. The van der Waals surface area contributed by atoms with Crippen molar-refractivity contribution in [2.24, 2.45) is 5.92 Å². The van der Waals surface area contributed by atoms with Gasteiger partial charge < -0.3 is 9.84 Å². The van der Waals surface area contributed by atoms with Gasteiger partial charge in [-0.3, -0.25) is 0 Å². The van der Waals surface area contributed by atoms with Crippen molar-refractivity contribution < 1.29 is 4.52 Å². The fourth-order valence-corrected chi connectivity index (χ4v) is 5.28. The Balaban J connectivity index is 1.55. The zero-order valence-electron chi connectivity index (χ0n) is 11.3. The monoisotopic (exact) mass is 299 g/mol. The number of aromatic nitrogens is 2. The Morgan fingerprint density at radius 3 is 2.95 bits per heavy atom. The van der Waals surface area contributed by atoms with Crippen molar-refractivity contribution in [1.29, 1.82) is 0 Å². The highest BCUT2D eigenvalue weighted by Gasteiger charge is 2.30. The van der Waals surface area contributed by atoms with Gasteiger partial charge >= 0.3 is 0 Å². The van der Waals surface area contributed by atoms with Gasteiger partial charge in [0.15, 0.2) is 5.82 Å². The number of hydrogen-bond donors (Lipinski definition) is 1. The highest BCUT2D eigenvalue weighted by Crippen LogP contribution is 2.42. The summed E-state index contributed by atoms with van der Waals surface area (Å²) in [6.07, 6.45) is 3.92. The van der Waals surface area contributed by atoms with Crippen LogP contribution in [0.5, 0.6) is 0 Å². The molecule has 4 nitrogen and oxygen atoms in total. The molecule has 19 heavy (non-hydrogen) atoms. The van der Waals surface area contributed by atoms with Crippen LogP contribution in [-0.4, -0.2) is 33.4 Å². The predicted molar refractivity (Wildman–Crippen MR) is 80.5 cm³/mol. The fourth-order valence-electron chi connectivity index (χ4n) is 2.30. The van der Waals surface area contributed by atoms with E-state index in [1.807, 2.05) is 23.5 Å². The van der Waals surface area contributed by atoms with Gasteiger partial charge in [0.2, 0.25) is 5.89 Å². The Bertz CT molecular complexity index is 408. The summed E-state index contributed by atoms with van der Waals surface area (Å²) in [5.41, 5.74) is 0. The fraction of sp³-hybridized carbons (Fsp3) is 0.846. The number of nitrogens with zero attached hydrogens (tertiary/aromatic N) is 2. The minimum Gasteiger partial charge on any atom is -0.338 e. The molecule has 2 fully saturated rings. The second-order valence-electron chi connectivity index (χ2n) is 5.23. The Morgan fingerprint density at radius 2 is 2.16 bits per heavy atom. The summed E-state index contributed by atoms with van der Waals surface area (Å²) in [5.74, 6) is 4.95. The SMILES string of the molecule is CCC1SCCSC1c1noc(CNCC2CC2)n1. The third-order valence-electron chi connectivity index (χ3n) is 3.60. The quantitative estimate of drug-likeness (QED) is 0.871. The van der Waals surface area contributed by atoms with E-state index < -0.39 is 0 Å². The Morgan fingerprint density at radius 1 is 1.32 bits per heavy atom. The zero-order chi connectivity index (χ0) is 13.1. The summed E-state index contributed by atoms with van der Waals surface area (Å²) in [7, 11) is 0. The van der Waals surface area contributed by atoms with Crippen LogP contribution >= 0.6 is 23.5 Å². The van der Waals surface area contributed by atoms with E-state index in [1.165, 1.54) is 30.8 Å². The van der Waals surface area contributed by atoms with Crippen molar-refractivity contribution in [1.82, 2.24) is 15.5 Å². The first kappa shape index (κ1) is 13.8. The number of hydrogen-bond acceptors (Lipinski definition) is 6. The maximum absolute atomic E-state index is 5.37. The molecule has 1 aromatic rings. The molecule has 2 unspecified atom stereocenters. The minimum atomic E-state index is 0.407. The minimum absolute atomic E-state index is 0.407. The van der Waals surface area contributed by atoms with Crippen LogP contribution in [0.15, 0.2) is 4.52 Å². The van der Waals surface area contributed by atoms with Gasteiger partial charge in [0.05, 0.1) is 11.8 Å². The van der Waals surface area contributed by atoms with Crippen LogP contribution in [0.4, 0.5) is 0 Å². The van der Waals surface area contributed by atoms with Gasteiger partial charge in [0.1, 0.15) is 0 Å². The molecule has 1 saturated heterocycles. The zero-order valence-corrected chi connectivity index (χ0v) is 12.9. The normalized spacial score (nSPS) is 27.6. The van der Waals surface area contributed by atoms with Crippen LogP contribution in [-0.2, 0) is 6.54 Å². The molecule has 2 atom stereocenters. The standard InChI is InChI=1S/C13H21N3OS2/c1-2-10-12(19-6-5-18-10)13-15-11(17-16-13)8-14-7-9-3-4-9/h9-10,12,14H,2-8H2,1H3. The van der Waals surface area contributed by atoms with Crippen molar-refractivity contribution in [3.05, 3.63) is 11.7 Å². The van der Waals surface area contributed by atoms with Crippen molar-refractivity contribution in [3.8, 4) is 0 Å². The van der Waals surface area contributed by atoms with Gasteiger partial charge in [-0.15, -0.1) is 11.8 Å². The number of rotatable bonds is 6. The summed E-state index contributed by atoms with van der Waals surface area (Å²) in [5, 5.41) is 8.62. The molecule has 2 heterocycles. The lowest BCUT2D eigenvalue weighted by molar-refractivity contribution is 0.361. The highest BCUT2D eigenvalue weighted by atomic mass is 32.2. The molecule has 0 spiro atoms. The third-order valence-corrected chi connectivity index (χ3v) is 6.84. The lowest BCUT2D eigenvalue weighted by Crippen LogP contribution is -2.19. The van der Waals surface area contributed by atoms with Crippen LogP contribution in [0.25, 0.3) is 0 Å². The molecule has 2 aliphatic rings. The van der Waals surface area contributed by atoms with Crippen molar-refractivity contribution in [3.63, 3.8) is 0 Å². The maximum Gasteiger partial charge on any atom is 0.240 e. The van der Waals surface area contributed by atoms with Crippen LogP contribution in [0, 0.1) is 5.92 Å². The second-order valence-corrected chi connectivity index (χ2v) is 7.83. The molecular formula is C13H21N3OS2. The molecule has 1 aromatic heterocycles. The second kappa shape index (κ2) is 6.50. The molecule has 0 aromatic carbocycles. The lowest BCUT2D eigenvalue weighted by Gasteiger charge is -2.27. The topological polar surface area (TPSA) is 51.0 Å². The average Bonchev–Trinajstić information content (AvgIpc) is 3.15. The number of thioether (sulfide) groups is 2. The summed E-state index contributed by atoms with van der Waals surface area (Å²) >= 11 is 4.02. The molecule has 1 aliphatic heterocycles. The van der Waals surface area contributed by atoms with Crippen LogP contribution < -0.4 is 5.32 Å². The molecule has 1 saturated carbocycles. The van der Waals surface area contributed by atoms with E-state index in [-0.39, 0.29) is 0 Å². The number of nitrogens with one attached hydrogen (secondary N) is 1. The van der Waals surface area contributed by atoms with Crippen molar-refractivity contribution >= 4 is 23.5 Å². The van der Waals surface area contributed by atoms with Gasteiger partial charge in [0, 0.05) is 16.8 Å². The summed E-state index contributed by atoms with van der Waals surface area (Å²) in [6.45, 7) is 4.04. The largest absolute Gasteiger partial charge is 0.338 e. The van der Waals surface area contributed by atoms with E-state index in [9.17, 15) is 0 Å². The van der Waals surface area contributed by atoms with E-state index in [4.69, 9.17) is 4.52 Å². The molecule has 3 rings (SSSR count). The molecule has 0 bridgehead atoms. The molecule has 6 heteroatoms. The molecule has 1 N–H and O–H groups in total. The summed E-state index contributed by atoms with van der Waals surface area (Å²) < 4.78 is 5.37. The Kier molecular flexibility index (Phi) is 4.71. The molecule has 1 aliphatic carbocycles. The Labute approximate surface area is 122 Å². The smallest absolute Gasteiger partial charge is 0.240 e. The van der Waals surface area contributed by atoms with Crippen LogP contribution in [0.1, 0.15) is 43.2 Å².